The van der Waals surface area contributed by atoms with Crippen LogP contribution in [0, 0.1) is 6.92 Å². The smallest absolute Gasteiger partial charge is 0.125 e. The summed E-state index contributed by atoms with van der Waals surface area (Å²) in [6, 6.07) is 1.89. The monoisotopic (exact) mass is 237 g/mol. The molecular formula is C12H19N3O2. The van der Waals surface area contributed by atoms with Gasteiger partial charge >= 0.3 is 0 Å². The molecule has 1 aliphatic heterocycles. The van der Waals surface area contributed by atoms with Gasteiger partial charge in [0, 0.05) is 31.5 Å². The lowest BCUT2D eigenvalue weighted by molar-refractivity contribution is 0.0110. The molecule has 0 amide bonds. The Kier molecular flexibility index (Phi) is 4.04. The Bertz CT molecular complexity index is 365. The molecule has 0 atom stereocenters. The van der Waals surface area contributed by atoms with E-state index in [4.69, 9.17) is 4.74 Å². The topological polar surface area (TPSA) is 67.3 Å². The number of ether oxygens (including phenoxy) is 1. The number of nitrogens with zero attached hydrogens (tertiary/aromatic N) is 2. The van der Waals surface area contributed by atoms with E-state index in [0.717, 1.165) is 24.4 Å². The number of hydrogen-bond donors (Lipinski definition) is 2. The fourth-order valence-electron chi connectivity index (χ4n) is 2.03. The van der Waals surface area contributed by atoms with Crippen molar-refractivity contribution < 1.29 is 9.84 Å². The third kappa shape index (κ3) is 3.21. The first-order valence-electron chi connectivity index (χ1n) is 5.96. The molecule has 0 spiro atoms. The summed E-state index contributed by atoms with van der Waals surface area (Å²) >= 11 is 0. The lowest BCUT2D eigenvalue weighted by Gasteiger charge is -2.36. The molecule has 0 aliphatic carbocycles. The van der Waals surface area contributed by atoms with Crippen LogP contribution in [0.4, 0.5) is 0 Å². The zero-order valence-electron chi connectivity index (χ0n) is 10.1. The zero-order chi connectivity index (χ0) is 12.1. The highest BCUT2D eigenvalue weighted by molar-refractivity contribution is 5.03. The Morgan fingerprint density at radius 1 is 1.47 bits per heavy atom. The fraction of sp³-hybridized carbons (Fsp3) is 0.667. The maximum atomic E-state index is 9.52. The first kappa shape index (κ1) is 12.4. The molecule has 2 rings (SSSR count). The average molecular weight is 237 g/mol. The van der Waals surface area contributed by atoms with Gasteiger partial charge in [-0.25, -0.2) is 9.97 Å². The quantitative estimate of drug-likeness (QED) is 0.794. The maximum Gasteiger partial charge on any atom is 0.125 e. The second kappa shape index (κ2) is 5.53. The molecular weight excluding hydrogens is 218 g/mol. The first-order valence-corrected chi connectivity index (χ1v) is 5.96. The molecule has 0 bridgehead atoms. The van der Waals surface area contributed by atoms with Crippen molar-refractivity contribution >= 4 is 0 Å². The third-order valence-electron chi connectivity index (χ3n) is 3.23. The first-order chi connectivity index (χ1) is 8.24. The highest BCUT2D eigenvalue weighted by atomic mass is 16.5. The number of hydrogen-bond acceptors (Lipinski definition) is 5. The van der Waals surface area contributed by atoms with E-state index < -0.39 is 0 Å². The molecule has 1 aliphatic rings. The molecule has 0 radical (unpaired) electrons. The minimum Gasteiger partial charge on any atom is -0.394 e. The van der Waals surface area contributed by atoms with Crippen molar-refractivity contribution in [2.75, 3.05) is 19.8 Å². The number of rotatable bonds is 4. The predicted molar refractivity (Wildman–Crippen MR) is 63.5 cm³/mol. The summed E-state index contributed by atoms with van der Waals surface area (Å²) in [7, 11) is 0. The summed E-state index contributed by atoms with van der Waals surface area (Å²) in [6.07, 6.45) is 3.44. The van der Waals surface area contributed by atoms with E-state index in [1.54, 1.807) is 6.20 Å². The summed E-state index contributed by atoms with van der Waals surface area (Å²) in [5, 5.41) is 12.9. The van der Waals surface area contributed by atoms with Gasteiger partial charge in [0.15, 0.2) is 0 Å². The van der Waals surface area contributed by atoms with Gasteiger partial charge in [-0.3, -0.25) is 0 Å². The van der Waals surface area contributed by atoms with E-state index >= 15 is 0 Å². The van der Waals surface area contributed by atoms with Crippen LogP contribution in [0.1, 0.15) is 24.4 Å². The Morgan fingerprint density at radius 2 is 2.24 bits per heavy atom. The van der Waals surface area contributed by atoms with Crippen LogP contribution < -0.4 is 5.32 Å². The molecule has 2 heterocycles. The van der Waals surface area contributed by atoms with E-state index in [1.807, 2.05) is 13.0 Å². The molecule has 1 fully saturated rings. The summed E-state index contributed by atoms with van der Waals surface area (Å²) in [5.41, 5.74) is 0.744. The van der Waals surface area contributed by atoms with Gasteiger partial charge in [0.1, 0.15) is 5.82 Å². The summed E-state index contributed by atoms with van der Waals surface area (Å²) in [6.45, 7) is 4.08. The SMILES string of the molecule is Cc1nccc(CNC2(CO)CCOCC2)n1. The minimum absolute atomic E-state index is 0.139. The second-order valence-electron chi connectivity index (χ2n) is 4.50. The van der Waals surface area contributed by atoms with Gasteiger partial charge in [-0.05, 0) is 25.8 Å². The molecule has 1 aromatic rings. The van der Waals surface area contributed by atoms with Gasteiger partial charge in [-0.2, -0.15) is 0 Å². The van der Waals surface area contributed by atoms with Gasteiger partial charge in [-0.1, -0.05) is 0 Å². The summed E-state index contributed by atoms with van der Waals surface area (Å²) in [4.78, 5) is 8.40. The van der Waals surface area contributed by atoms with Crippen LogP contribution in [0.15, 0.2) is 12.3 Å². The van der Waals surface area contributed by atoms with E-state index in [2.05, 4.69) is 15.3 Å². The number of aliphatic hydroxyl groups is 1. The van der Waals surface area contributed by atoms with Crippen molar-refractivity contribution in [2.24, 2.45) is 0 Å². The molecule has 0 unspecified atom stereocenters. The number of aromatic nitrogens is 2. The van der Waals surface area contributed by atoms with Crippen molar-refractivity contribution in [3.8, 4) is 0 Å². The van der Waals surface area contributed by atoms with Crippen molar-refractivity contribution in [3.63, 3.8) is 0 Å². The maximum absolute atomic E-state index is 9.52. The molecule has 94 valence electrons. The summed E-state index contributed by atoms with van der Waals surface area (Å²) < 4.78 is 5.32. The van der Waals surface area contributed by atoms with E-state index in [0.29, 0.717) is 19.8 Å². The van der Waals surface area contributed by atoms with Crippen LogP contribution in [0.2, 0.25) is 0 Å². The number of aliphatic hydroxyl groups excluding tert-OH is 1. The predicted octanol–water partition coefficient (Wildman–Crippen LogP) is 0.416. The lowest BCUT2D eigenvalue weighted by atomic mass is 9.91. The fourth-order valence-corrected chi connectivity index (χ4v) is 2.03. The highest BCUT2D eigenvalue weighted by Gasteiger charge is 2.31. The van der Waals surface area contributed by atoms with Crippen LogP contribution in [-0.4, -0.2) is 40.4 Å². The van der Waals surface area contributed by atoms with Gasteiger partial charge < -0.3 is 15.2 Å². The van der Waals surface area contributed by atoms with Crippen molar-refractivity contribution in [1.82, 2.24) is 15.3 Å². The molecule has 0 saturated carbocycles. The summed E-state index contributed by atoms with van der Waals surface area (Å²) in [5.74, 6) is 0.773. The van der Waals surface area contributed by atoms with E-state index in [9.17, 15) is 5.11 Å². The van der Waals surface area contributed by atoms with Crippen molar-refractivity contribution in [1.29, 1.82) is 0 Å². The van der Waals surface area contributed by atoms with Crippen LogP contribution in [0.25, 0.3) is 0 Å². The van der Waals surface area contributed by atoms with E-state index in [-0.39, 0.29) is 12.1 Å². The Morgan fingerprint density at radius 3 is 2.88 bits per heavy atom. The molecule has 2 N–H and O–H groups in total. The molecule has 0 aromatic carbocycles. The normalized spacial score (nSPS) is 19.2. The van der Waals surface area contributed by atoms with Gasteiger partial charge in [0.2, 0.25) is 0 Å². The van der Waals surface area contributed by atoms with E-state index in [1.165, 1.54) is 0 Å². The van der Waals surface area contributed by atoms with Crippen LogP contribution >= 0.6 is 0 Å². The van der Waals surface area contributed by atoms with Crippen molar-refractivity contribution in [2.45, 2.75) is 31.8 Å². The second-order valence-corrected chi connectivity index (χ2v) is 4.50. The minimum atomic E-state index is -0.211. The third-order valence-corrected chi connectivity index (χ3v) is 3.23. The Hall–Kier alpha value is -1.04. The number of aryl methyl sites for hydroxylation is 1. The Labute approximate surface area is 101 Å². The van der Waals surface area contributed by atoms with Crippen LogP contribution in [-0.2, 0) is 11.3 Å². The highest BCUT2D eigenvalue weighted by Crippen LogP contribution is 2.20. The Balaban J connectivity index is 1.95. The standard InChI is InChI=1S/C12H19N3O2/c1-10-13-5-2-11(15-10)8-14-12(9-16)3-6-17-7-4-12/h2,5,14,16H,3-4,6-9H2,1H3. The van der Waals surface area contributed by atoms with Gasteiger partial charge in [0.05, 0.1) is 12.3 Å². The molecule has 5 heteroatoms. The van der Waals surface area contributed by atoms with Crippen LogP contribution in [0.3, 0.4) is 0 Å². The number of nitrogens with one attached hydrogen (secondary N) is 1. The molecule has 5 nitrogen and oxygen atoms in total. The average Bonchev–Trinajstić information content (AvgIpc) is 2.38. The van der Waals surface area contributed by atoms with Gasteiger partial charge in [0.25, 0.3) is 0 Å². The van der Waals surface area contributed by atoms with Crippen LogP contribution in [0.5, 0.6) is 0 Å². The molecule has 1 aromatic heterocycles. The van der Waals surface area contributed by atoms with Crippen molar-refractivity contribution in [3.05, 3.63) is 23.8 Å². The molecule has 17 heavy (non-hydrogen) atoms. The van der Waals surface area contributed by atoms with Gasteiger partial charge in [-0.15, -0.1) is 0 Å². The largest absolute Gasteiger partial charge is 0.394 e. The lowest BCUT2D eigenvalue weighted by Crippen LogP contribution is -2.52. The molecule has 1 saturated heterocycles. The zero-order valence-corrected chi connectivity index (χ0v) is 10.1.